The largest absolute Gasteiger partial charge is 0.398 e. The van der Waals surface area contributed by atoms with Crippen molar-refractivity contribution in [3.8, 4) is 0 Å². The summed E-state index contributed by atoms with van der Waals surface area (Å²) in [6.07, 6.45) is 3.36. The molecule has 0 atom stereocenters. The first-order chi connectivity index (χ1) is 8.97. The van der Waals surface area contributed by atoms with Crippen LogP contribution in [0.25, 0.3) is 0 Å². The summed E-state index contributed by atoms with van der Waals surface area (Å²) in [7, 11) is 0. The number of nitrogen functional groups attached to an aromatic ring is 1. The molecule has 0 aliphatic rings. The van der Waals surface area contributed by atoms with Gasteiger partial charge in [0, 0.05) is 18.3 Å². The number of benzene rings is 1. The number of unbranched alkanes of at least 4 members (excludes halogenated alkanes) is 2. The van der Waals surface area contributed by atoms with Crippen molar-refractivity contribution in [2.75, 3.05) is 12.3 Å². The van der Waals surface area contributed by atoms with Gasteiger partial charge >= 0.3 is 0 Å². The van der Waals surface area contributed by atoms with E-state index in [4.69, 9.17) is 5.73 Å². The molecule has 1 rings (SSSR count). The smallest absolute Gasteiger partial charge is 0.256 e. The summed E-state index contributed by atoms with van der Waals surface area (Å²) < 4.78 is 0. The van der Waals surface area contributed by atoms with E-state index in [0.29, 0.717) is 11.3 Å². The minimum absolute atomic E-state index is 0.0450. The molecule has 3 heteroatoms. The van der Waals surface area contributed by atoms with Crippen LogP contribution in [-0.2, 0) is 0 Å². The molecule has 1 aromatic carbocycles. The Morgan fingerprint density at radius 1 is 1.32 bits per heavy atom. The van der Waals surface area contributed by atoms with Gasteiger partial charge in [-0.05, 0) is 44.9 Å². The van der Waals surface area contributed by atoms with Gasteiger partial charge < -0.3 is 10.6 Å². The number of nitrogens with two attached hydrogens (primary N) is 1. The van der Waals surface area contributed by atoms with Crippen molar-refractivity contribution < 1.29 is 4.79 Å². The van der Waals surface area contributed by atoms with Crippen LogP contribution in [0, 0.1) is 6.92 Å². The van der Waals surface area contributed by atoms with Crippen LogP contribution < -0.4 is 5.73 Å². The fraction of sp³-hybridized carbons (Fsp3) is 0.562. The highest BCUT2D eigenvalue weighted by atomic mass is 16.2. The molecule has 1 amide bonds. The quantitative estimate of drug-likeness (QED) is 0.628. The zero-order chi connectivity index (χ0) is 14.4. The third-order valence-electron chi connectivity index (χ3n) is 3.32. The molecule has 0 saturated heterocycles. The lowest BCUT2D eigenvalue weighted by Gasteiger charge is -2.27. The van der Waals surface area contributed by atoms with Gasteiger partial charge in [0.2, 0.25) is 0 Å². The van der Waals surface area contributed by atoms with E-state index >= 15 is 0 Å². The van der Waals surface area contributed by atoms with Gasteiger partial charge in [0.15, 0.2) is 0 Å². The molecular weight excluding hydrogens is 236 g/mol. The van der Waals surface area contributed by atoms with Crippen molar-refractivity contribution in [3.63, 3.8) is 0 Å². The Hall–Kier alpha value is -1.51. The summed E-state index contributed by atoms with van der Waals surface area (Å²) in [6, 6.07) is 5.83. The maximum atomic E-state index is 12.6. The van der Waals surface area contributed by atoms with Crippen molar-refractivity contribution in [3.05, 3.63) is 29.3 Å². The molecule has 0 saturated carbocycles. The first-order valence-corrected chi connectivity index (χ1v) is 7.14. The Bertz CT molecular complexity index is 427. The van der Waals surface area contributed by atoms with Crippen molar-refractivity contribution in [1.29, 1.82) is 0 Å². The molecule has 0 unspecified atom stereocenters. The Morgan fingerprint density at radius 2 is 2.00 bits per heavy atom. The van der Waals surface area contributed by atoms with Gasteiger partial charge in [0.05, 0.1) is 5.56 Å². The van der Waals surface area contributed by atoms with Crippen LogP contribution >= 0.6 is 0 Å². The van der Waals surface area contributed by atoms with Crippen molar-refractivity contribution in [2.24, 2.45) is 0 Å². The predicted octanol–water partition coefficient (Wildman–Crippen LogP) is 3.62. The summed E-state index contributed by atoms with van der Waals surface area (Å²) in [6.45, 7) is 9.05. The van der Waals surface area contributed by atoms with E-state index in [-0.39, 0.29) is 11.9 Å². The number of nitrogens with zero attached hydrogens (tertiary/aromatic N) is 1. The molecule has 0 heterocycles. The minimum atomic E-state index is 0.0450. The number of hydrogen-bond acceptors (Lipinski definition) is 2. The van der Waals surface area contributed by atoms with Gasteiger partial charge in [-0.3, -0.25) is 4.79 Å². The number of carbonyl (C=O) groups is 1. The summed E-state index contributed by atoms with van der Waals surface area (Å²) in [5, 5.41) is 0. The SMILES string of the molecule is CCCCCN(C(=O)c1ccc(C)cc1N)C(C)C. The highest BCUT2D eigenvalue weighted by Crippen LogP contribution is 2.18. The Labute approximate surface area is 116 Å². The first kappa shape index (κ1) is 15.5. The fourth-order valence-corrected chi connectivity index (χ4v) is 2.16. The number of carbonyl (C=O) groups excluding carboxylic acids is 1. The summed E-state index contributed by atoms with van der Waals surface area (Å²) in [5.41, 5.74) is 8.24. The lowest BCUT2D eigenvalue weighted by molar-refractivity contribution is 0.0703. The van der Waals surface area contributed by atoms with Gasteiger partial charge in [-0.2, -0.15) is 0 Å². The summed E-state index contributed by atoms with van der Waals surface area (Å²) in [4.78, 5) is 14.5. The number of anilines is 1. The molecule has 0 radical (unpaired) electrons. The molecule has 19 heavy (non-hydrogen) atoms. The van der Waals surface area contributed by atoms with E-state index in [1.54, 1.807) is 0 Å². The third kappa shape index (κ3) is 4.27. The van der Waals surface area contributed by atoms with Crippen LogP contribution in [0.5, 0.6) is 0 Å². The highest BCUT2D eigenvalue weighted by molar-refractivity contribution is 5.99. The van der Waals surface area contributed by atoms with E-state index in [1.165, 1.54) is 0 Å². The van der Waals surface area contributed by atoms with Crippen molar-refractivity contribution >= 4 is 11.6 Å². The second-order valence-electron chi connectivity index (χ2n) is 5.39. The zero-order valence-electron chi connectivity index (χ0n) is 12.6. The normalized spacial score (nSPS) is 10.8. The number of hydrogen-bond donors (Lipinski definition) is 1. The van der Waals surface area contributed by atoms with Gasteiger partial charge in [0.25, 0.3) is 5.91 Å². The van der Waals surface area contributed by atoms with Crippen LogP contribution in [0.2, 0.25) is 0 Å². The molecular formula is C16H26N2O. The van der Waals surface area contributed by atoms with Crippen LogP contribution in [0.1, 0.15) is 56.0 Å². The van der Waals surface area contributed by atoms with E-state index in [9.17, 15) is 4.79 Å². The molecule has 0 aliphatic carbocycles. The summed E-state index contributed by atoms with van der Waals surface area (Å²) >= 11 is 0. The van der Waals surface area contributed by atoms with Crippen LogP contribution in [-0.4, -0.2) is 23.4 Å². The maximum Gasteiger partial charge on any atom is 0.256 e. The molecule has 0 fully saturated rings. The number of rotatable bonds is 6. The van der Waals surface area contributed by atoms with Gasteiger partial charge in [-0.25, -0.2) is 0 Å². The van der Waals surface area contributed by atoms with Gasteiger partial charge in [-0.1, -0.05) is 25.8 Å². The van der Waals surface area contributed by atoms with Crippen molar-refractivity contribution in [2.45, 2.75) is 53.0 Å². The van der Waals surface area contributed by atoms with E-state index < -0.39 is 0 Å². The molecule has 0 aliphatic heterocycles. The first-order valence-electron chi connectivity index (χ1n) is 7.14. The predicted molar refractivity (Wildman–Crippen MR) is 81.3 cm³/mol. The Kier molecular flexibility index (Phi) is 5.87. The molecule has 106 valence electrons. The maximum absolute atomic E-state index is 12.6. The fourth-order valence-electron chi connectivity index (χ4n) is 2.16. The highest BCUT2D eigenvalue weighted by Gasteiger charge is 2.20. The monoisotopic (exact) mass is 262 g/mol. The molecule has 1 aromatic rings. The van der Waals surface area contributed by atoms with Crippen LogP contribution in [0.4, 0.5) is 5.69 Å². The third-order valence-corrected chi connectivity index (χ3v) is 3.32. The molecule has 2 N–H and O–H groups in total. The average molecular weight is 262 g/mol. The molecule has 3 nitrogen and oxygen atoms in total. The standard InChI is InChI=1S/C16H26N2O/c1-5-6-7-10-18(12(2)3)16(19)14-9-8-13(4)11-15(14)17/h8-9,11-12H,5-7,10,17H2,1-4H3. The zero-order valence-corrected chi connectivity index (χ0v) is 12.6. The van der Waals surface area contributed by atoms with E-state index in [1.807, 2.05) is 43.9 Å². The second kappa shape index (κ2) is 7.17. The van der Waals surface area contributed by atoms with E-state index in [0.717, 1.165) is 31.4 Å². The van der Waals surface area contributed by atoms with Crippen LogP contribution in [0.15, 0.2) is 18.2 Å². The topological polar surface area (TPSA) is 46.3 Å². The van der Waals surface area contributed by atoms with Gasteiger partial charge in [-0.15, -0.1) is 0 Å². The average Bonchev–Trinajstić information content (AvgIpc) is 2.33. The van der Waals surface area contributed by atoms with E-state index in [2.05, 4.69) is 6.92 Å². The Morgan fingerprint density at radius 3 is 2.53 bits per heavy atom. The number of aryl methyl sites for hydroxylation is 1. The Balaban J connectivity index is 2.86. The van der Waals surface area contributed by atoms with Gasteiger partial charge in [0.1, 0.15) is 0 Å². The second-order valence-corrected chi connectivity index (χ2v) is 5.39. The number of amides is 1. The van der Waals surface area contributed by atoms with Crippen molar-refractivity contribution in [1.82, 2.24) is 4.90 Å². The minimum Gasteiger partial charge on any atom is -0.398 e. The molecule has 0 aromatic heterocycles. The lowest BCUT2D eigenvalue weighted by Crippen LogP contribution is -2.38. The lowest BCUT2D eigenvalue weighted by atomic mass is 10.1. The molecule has 0 spiro atoms. The van der Waals surface area contributed by atoms with Crippen LogP contribution in [0.3, 0.4) is 0 Å². The summed E-state index contributed by atoms with van der Waals surface area (Å²) in [5.74, 6) is 0.0450. The molecule has 0 bridgehead atoms.